The summed E-state index contributed by atoms with van der Waals surface area (Å²) in [6.45, 7) is 13.7. The van der Waals surface area contributed by atoms with Gasteiger partial charge in [-0.2, -0.15) is 0 Å². The van der Waals surface area contributed by atoms with Gasteiger partial charge in [-0.05, 0) is 130 Å². The van der Waals surface area contributed by atoms with Gasteiger partial charge in [-0.25, -0.2) is 4.98 Å². The Morgan fingerprint density at radius 3 is 1.14 bits per heavy atom. The lowest BCUT2D eigenvalue weighted by atomic mass is 9.79. The first-order valence-corrected chi connectivity index (χ1v) is 22.7. The fourth-order valence-electron chi connectivity index (χ4n) is 8.60. The number of anilines is 6. The number of hydrogen-bond donors (Lipinski definition) is 0. The van der Waals surface area contributed by atoms with Gasteiger partial charge in [-0.1, -0.05) is 151 Å². The summed E-state index contributed by atoms with van der Waals surface area (Å²) in [4.78, 5) is 10.2. The van der Waals surface area contributed by atoms with Crippen molar-refractivity contribution in [1.29, 1.82) is 0 Å². The molecule has 0 N–H and O–H groups in total. The van der Waals surface area contributed by atoms with Crippen molar-refractivity contribution < 1.29 is 9.47 Å². The minimum atomic E-state index is -0.0544. The summed E-state index contributed by atoms with van der Waals surface area (Å²) in [6.07, 6.45) is 0. The van der Waals surface area contributed by atoms with Crippen LogP contribution in [0.2, 0.25) is 0 Å². The van der Waals surface area contributed by atoms with Crippen LogP contribution in [0.5, 0.6) is 23.0 Å². The molecule has 0 saturated heterocycles. The average molecular weight is 860 g/mol. The number of hydrogen-bond acceptors (Lipinski definition) is 5. The number of nitrogens with zero attached hydrogens (tertiary/aromatic N) is 3. The van der Waals surface area contributed by atoms with Crippen molar-refractivity contribution in [3.05, 3.63) is 223 Å². The molecular weight excluding hydrogens is 807 g/mol. The number of aromatic nitrogens is 1. The summed E-state index contributed by atoms with van der Waals surface area (Å²) >= 11 is 0. The third kappa shape index (κ3) is 8.68. The summed E-state index contributed by atoms with van der Waals surface area (Å²) in [5.74, 6) is 2.78. The molecular formula is C61H53N3O2. The van der Waals surface area contributed by atoms with Gasteiger partial charge in [0.1, 0.15) is 23.0 Å². The van der Waals surface area contributed by atoms with E-state index in [0.29, 0.717) is 11.5 Å². The molecule has 0 amide bonds. The van der Waals surface area contributed by atoms with E-state index in [1.165, 1.54) is 11.1 Å². The van der Waals surface area contributed by atoms with Gasteiger partial charge in [0.25, 0.3) is 0 Å². The minimum absolute atomic E-state index is 0.0544. The Kier molecular flexibility index (Phi) is 11.0. The van der Waals surface area contributed by atoms with E-state index in [1.54, 1.807) is 0 Å². The van der Waals surface area contributed by atoms with E-state index in [2.05, 4.69) is 197 Å². The molecule has 0 atom stereocenters. The molecule has 0 aliphatic carbocycles. The Morgan fingerprint density at radius 1 is 0.318 bits per heavy atom. The van der Waals surface area contributed by atoms with Crippen LogP contribution in [0.4, 0.5) is 34.1 Å². The van der Waals surface area contributed by atoms with Crippen molar-refractivity contribution in [3.8, 4) is 56.6 Å². The highest BCUT2D eigenvalue weighted by Crippen LogP contribution is 2.54. The first-order chi connectivity index (χ1) is 31.9. The van der Waals surface area contributed by atoms with Gasteiger partial charge in [-0.15, -0.1) is 0 Å². The second-order valence-corrected chi connectivity index (χ2v) is 19.0. The first-order valence-electron chi connectivity index (χ1n) is 22.7. The molecule has 0 bridgehead atoms. The van der Waals surface area contributed by atoms with Crippen LogP contribution < -0.4 is 19.3 Å². The van der Waals surface area contributed by atoms with Crippen molar-refractivity contribution in [2.75, 3.05) is 9.80 Å². The fraction of sp³-hybridized carbons (Fsp3) is 0.131. The quantitative estimate of drug-likeness (QED) is 0.145. The number of para-hydroxylation sites is 7. The summed E-state index contributed by atoms with van der Waals surface area (Å²) in [5, 5.41) is 0. The number of rotatable bonds is 9. The normalized spacial score (nSPS) is 12.3. The lowest BCUT2D eigenvalue weighted by Gasteiger charge is -2.40. The fourth-order valence-corrected chi connectivity index (χ4v) is 8.60. The van der Waals surface area contributed by atoms with Gasteiger partial charge >= 0.3 is 0 Å². The SMILES string of the molecule is CC(C)(C)c1cc(-c2cc(-c3ccc(N4c5ccccc5N(c5ccccc5)c5ccccc54)cc3)nc(-c3cc(Oc4ccccc4)cc(Oc4ccccc4)c3)c2)cc(C(C)(C)C)c1. The molecule has 0 saturated carbocycles. The standard InChI is InChI=1S/C61H53N3O2/c1-60(2,3)46-34-43(35-47(40-46)61(4,5)6)44-38-54(62-55(39-44)45-36-52(65-50-22-12-8-13-23-50)41-53(37-45)66-51-24-14-9-15-25-51)42-30-32-49(33-31-42)64-58-28-18-16-26-56(58)63(48-20-10-7-11-21-48)57-27-17-19-29-59(57)64/h7-41H,1-6H3. The van der Waals surface area contributed by atoms with Gasteiger partial charge in [-0.3, -0.25) is 0 Å². The van der Waals surface area contributed by atoms with Crippen LogP contribution in [0, 0.1) is 0 Å². The molecule has 5 nitrogen and oxygen atoms in total. The van der Waals surface area contributed by atoms with Crippen molar-refractivity contribution in [2.24, 2.45) is 0 Å². The molecule has 2 heterocycles. The highest BCUT2D eigenvalue weighted by Gasteiger charge is 2.30. The maximum atomic E-state index is 6.49. The Balaban J connectivity index is 1.12. The van der Waals surface area contributed by atoms with Crippen LogP contribution in [-0.2, 0) is 10.8 Å². The molecule has 8 aromatic carbocycles. The first kappa shape index (κ1) is 42.1. The van der Waals surface area contributed by atoms with Crippen molar-refractivity contribution in [2.45, 2.75) is 52.4 Å². The van der Waals surface area contributed by atoms with Crippen LogP contribution in [-0.4, -0.2) is 4.98 Å². The molecule has 1 aliphatic rings. The van der Waals surface area contributed by atoms with Crippen molar-refractivity contribution >= 4 is 34.1 Å². The highest BCUT2D eigenvalue weighted by atomic mass is 16.5. The van der Waals surface area contributed by atoms with Gasteiger partial charge in [0.05, 0.1) is 34.1 Å². The Labute approximate surface area is 389 Å². The molecule has 9 aromatic rings. The zero-order chi connectivity index (χ0) is 45.4. The number of ether oxygens (including phenoxy) is 2. The second kappa shape index (κ2) is 17.2. The Bertz CT molecular complexity index is 3010. The lowest BCUT2D eigenvalue weighted by molar-refractivity contribution is 0.460. The zero-order valence-corrected chi connectivity index (χ0v) is 38.4. The summed E-state index contributed by atoms with van der Waals surface area (Å²) in [5.41, 5.74) is 14.9. The summed E-state index contributed by atoms with van der Waals surface area (Å²) in [7, 11) is 0. The van der Waals surface area contributed by atoms with E-state index < -0.39 is 0 Å². The summed E-state index contributed by atoms with van der Waals surface area (Å²) < 4.78 is 13.0. The van der Waals surface area contributed by atoms with Crippen molar-refractivity contribution in [1.82, 2.24) is 4.98 Å². The highest BCUT2D eigenvalue weighted by molar-refractivity contribution is 6.01. The molecule has 324 valence electrons. The van der Waals surface area contributed by atoms with E-state index in [4.69, 9.17) is 14.5 Å². The Morgan fingerprint density at radius 2 is 0.697 bits per heavy atom. The van der Waals surface area contributed by atoms with Crippen LogP contribution >= 0.6 is 0 Å². The number of fused-ring (bicyclic) bond motifs is 2. The van der Waals surface area contributed by atoms with E-state index in [1.807, 2.05) is 66.7 Å². The van der Waals surface area contributed by atoms with E-state index in [0.717, 1.165) is 79.3 Å². The smallest absolute Gasteiger partial charge is 0.131 e. The van der Waals surface area contributed by atoms with Gasteiger partial charge in [0.2, 0.25) is 0 Å². The predicted octanol–water partition coefficient (Wildman–Crippen LogP) is 17.5. The largest absolute Gasteiger partial charge is 0.457 e. The molecule has 0 radical (unpaired) electrons. The van der Waals surface area contributed by atoms with Crippen LogP contribution in [0.25, 0.3) is 33.6 Å². The molecule has 66 heavy (non-hydrogen) atoms. The number of pyridine rings is 1. The molecule has 1 aliphatic heterocycles. The third-order valence-electron chi connectivity index (χ3n) is 12.1. The second-order valence-electron chi connectivity index (χ2n) is 19.0. The summed E-state index contributed by atoms with van der Waals surface area (Å²) in [6, 6.07) is 74.0. The Hall–Kier alpha value is -7.89. The predicted molar refractivity (Wildman–Crippen MR) is 274 cm³/mol. The molecule has 0 spiro atoms. The number of benzene rings is 8. The van der Waals surface area contributed by atoms with E-state index in [-0.39, 0.29) is 10.8 Å². The average Bonchev–Trinajstić information content (AvgIpc) is 3.33. The molecule has 0 unspecified atom stereocenters. The van der Waals surface area contributed by atoms with Crippen LogP contribution in [0.3, 0.4) is 0 Å². The van der Waals surface area contributed by atoms with Gasteiger partial charge in [0.15, 0.2) is 0 Å². The molecule has 0 fully saturated rings. The van der Waals surface area contributed by atoms with Crippen LogP contribution in [0.1, 0.15) is 52.7 Å². The van der Waals surface area contributed by atoms with Crippen molar-refractivity contribution in [3.63, 3.8) is 0 Å². The minimum Gasteiger partial charge on any atom is -0.457 e. The zero-order valence-electron chi connectivity index (χ0n) is 38.4. The van der Waals surface area contributed by atoms with Crippen LogP contribution in [0.15, 0.2) is 212 Å². The molecule has 1 aromatic heterocycles. The topological polar surface area (TPSA) is 37.8 Å². The maximum absolute atomic E-state index is 6.49. The van der Waals surface area contributed by atoms with E-state index >= 15 is 0 Å². The van der Waals surface area contributed by atoms with E-state index in [9.17, 15) is 0 Å². The monoisotopic (exact) mass is 859 g/mol. The molecule has 10 rings (SSSR count). The maximum Gasteiger partial charge on any atom is 0.131 e. The molecule has 5 heteroatoms. The van der Waals surface area contributed by atoms with Gasteiger partial charge in [0, 0.05) is 28.6 Å². The lowest BCUT2D eigenvalue weighted by Crippen LogP contribution is -2.23. The third-order valence-corrected chi connectivity index (χ3v) is 12.1. The van der Waals surface area contributed by atoms with Gasteiger partial charge < -0.3 is 19.3 Å².